The Morgan fingerprint density at radius 2 is 1.83 bits per heavy atom. The molecule has 0 spiro atoms. The molecule has 1 aromatic heterocycles. The van der Waals surface area contributed by atoms with Gasteiger partial charge in [-0.25, -0.2) is 4.98 Å². The first kappa shape index (κ1) is 17.4. The van der Waals surface area contributed by atoms with Gasteiger partial charge in [0.1, 0.15) is 0 Å². The maximum absolute atomic E-state index is 12.2. The number of benzene rings is 1. The van der Waals surface area contributed by atoms with E-state index in [0.717, 1.165) is 4.88 Å². The van der Waals surface area contributed by atoms with Crippen molar-refractivity contribution >= 4 is 40.7 Å². The van der Waals surface area contributed by atoms with E-state index in [-0.39, 0.29) is 24.2 Å². The van der Waals surface area contributed by atoms with E-state index in [2.05, 4.69) is 4.98 Å². The fourth-order valence-corrected chi connectivity index (χ4v) is 3.22. The summed E-state index contributed by atoms with van der Waals surface area (Å²) in [5, 5.41) is 0.545. The van der Waals surface area contributed by atoms with Crippen LogP contribution in [0.5, 0.6) is 0 Å². The maximum atomic E-state index is 12.2. The SMILES string of the molecule is CN(CCN1C(=O)c2ccccc2C1=O)Cc1cnc(N)s1.Cl. The van der Waals surface area contributed by atoms with Gasteiger partial charge < -0.3 is 5.73 Å². The van der Waals surface area contributed by atoms with Gasteiger partial charge in [-0.05, 0) is 19.2 Å². The second-order valence-corrected chi connectivity index (χ2v) is 6.36. The maximum Gasteiger partial charge on any atom is 0.261 e. The van der Waals surface area contributed by atoms with Gasteiger partial charge >= 0.3 is 0 Å². The summed E-state index contributed by atoms with van der Waals surface area (Å²) in [4.78, 5) is 32.9. The van der Waals surface area contributed by atoms with Crippen molar-refractivity contribution in [2.75, 3.05) is 25.9 Å². The molecule has 0 atom stereocenters. The van der Waals surface area contributed by atoms with Gasteiger partial charge in [0.05, 0.1) is 11.1 Å². The lowest BCUT2D eigenvalue weighted by atomic mass is 10.1. The number of fused-ring (bicyclic) bond motifs is 1. The third-order valence-corrected chi connectivity index (χ3v) is 4.39. The standard InChI is InChI=1S/C15H16N4O2S.ClH/c1-18(9-10-8-17-15(16)22-10)6-7-19-13(20)11-4-2-3-5-12(11)14(19)21;/h2-5,8H,6-7,9H2,1H3,(H2,16,17);1H. The Morgan fingerprint density at radius 1 is 1.22 bits per heavy atom. The Hall–Kier alpha value is -1.96. The number of hydrogen-bond donors (Lipinski definition) is 1. The third kappa shape index (κ3) is 3.52. The second-order valence-electron chi connectivity index (χ2n) is 5.21. The minimum atomic E-state index is -0.212. The zero-order valence-corrected chi connectivity index (χ0v) is 14.2. The van der Waals surface area contributed by atoms with Gasteiger partial charge in [0.15, 0.2) is 5.13 Å². The summed E-state index contributed by atoms with van der Waals surface area (Å²) in [6.07, 6.45) is 1.75. The summed E-state index contributed by atoms with van der Waals surface area (Å²) < 4.78 is 0. The van der Waals surface area contributed by atoms with Gasteiger partial charge in [0.2, 0.25) is 0 Å². The van der Waals surface area contributed by atoms with E-state index in [1.807, 2.05) is 11.9 Å². The Morgan fingerprint density at radius 3 is 2.35 bits per heavy atom. The first-order valence-corrected chi connectivity index (χ1v) is 7.72. The molecule has 2 heterocycles. The highest BCUT2D eigenvalue weighted by atomic mass is 35.5. The number of anilines is 1. The molecule has 2 N–H and O–H groups in total. The van der Waals surface area contributed by atoms with Crippen LogP contribution in [0.25, 0.3) is 0 Å². The number of imide groups is 1. The number of nitrogens with two attached hydrogens (primary N) is 1. The lowest BCUT2D eigenvalue weighted by Gasteiger charge is -2.19. The van der Waals surface area contributed by atoms with Crippen molar-refractivity contribution in [3.05, 3.63) is 46.5 Å². The molecule has 2 aromatic rings. The number of thiazole rings is 1. The van der Waals surface area contributed by atoms with E-state index in [1.165, 1.54) is 16.2 Å². The molecule has 0 saturated carbocycles. The lowest BCUT2D eigenvalue weighted by molar-refractivity contribution is 0.0640. The fraction of sp³-hybridized carbons (Fsp3) is 0.267. The molecule has 1 aliphatic rings. The highest BCUT2D eigenvalue weighted by Crippen LogP contribution is 2.22. The predicted molar refractivity (Wildman–Crippen MR) is 91.9 cm³/mol. The van der Waals surface area contributed by atoms with Gasteiger partial charge in [-0.3, -0.25) is 19.4 Å². The van der Waals surface area contributed by atoms with Crippen molar-refractivity contribution in [2.24, 2.45) is 0 Å². The van der Waals surface area contributed by atoms with Gasteiger partial charge in [-0.1, -0.05) is 12.1 Å². The van der Waals surface area contributed by atoms with E-state index in [4.69, 9.17) is 5.73 Å². The monoisotopic (exact) mass is 352 g/mol. The van der Waals surface area contributed by atoms with Gasteiger partial charge in [0, 0.05) is 30.7 Å². The number of rotatable bonds is 5. The first-order valence-electron chi connectivity index (χ1n) is 6.90. The van der Waals surface area contributed by atoms with Crippen molar-refractivity contribution in [3.63, 3.8) is 0 Å². The van der Waals surface area contributed by atoms with Crippen LogP contribution in [0.2, 0.25) is 0 Å². The number of carbonyl (C=O) groups is 2. The van der Waals surface area contributed by atoms with Gasteiger partial charge in [-0.15, -0.1) is 23.7 Å². The highest BCUT2D eigenvalue weighted by molar-refractivity contribution is 7.15. The number of hydrogen-bond acceptors (Lipinski definition) is 6. The molecule has 0 radical (unpaired) electrons. The summed E-state index contributed by atoms with van der Waals surface area (Å²) in [6, 6.07) is 6.93. The van der Waals surface area contributed by atoms with Crippen molar-refractivity contribution in [1.29, 1.82) is 0 Å². The number of aromatic nitrogens is 1. The number of carbonyl (C=O) groups excluding carboxylic acids is 2. The summed E-state index contributed by atoms with van der Waals surface area (Å²) in [6.45, 7) is 1.67. The highest BCUT2D eigenvalue weighted by Gasteiger charge is 2.34. The molecule has 0 aliphatic carbocycles. The summed E-state index contributed by atoms with van der Waals surface area (Å²) in [5.74, 6) is -0.424. The van der Waals surface area contributed by atoms with E-state index < -0.39 is 0 Å². The molecule has 1 aliphatic heterocycles. The zero-order valence-electron chi connectivity index (χ0n) is 12.6. The van der Waals surface area contributed by atoms with E-state index in [9.17, 15) is 9.59 Å². The van der Waals surface area contributed by atoms with E-state index in [0.29, 0.717) is 35.9 Å². The number of likely N-dealkylation sites (N-methyl/N-ethyl adjacent to an activating group) is 1. The normalized spacial score (nSPS) is 13.4. The topological polar surface area (TPSA) is 79.5 Å². The molecule has 23 heavy (non-hydrogen) atoms. The van der Waals surface area contributed by atoms with E-state index in [1.54, 1.807) is 30.5 Å². The molecule has 0 bridgehead atoms. The molecule has 122 valence electrons. The van der Waals surface area contributed by atoms with Crippen molar-refractivity contribution in [3.8, 4) is 0 Å². The van der Waals surface area contributed by atoms with Crippen LogP contribution in [0.15, 0.2) is 30.5 Å². The van der Waals surface area contributed by atoms with Crippen LogP contribution >= 0.6 is 23.7 Å². The van der Waals surface area contributed by atoms with Gasteiger partial charge in [-0.2, -0.15) is 0 Å². The average Bonchev–Trinajstić information content (AvgIpc) is 3.01. The Balaban J connectivity index is 0.00000192. The largest absolute Gasteiger partial charge is 0.375 e. The van der Waals surface area contributed by atoms with E-state index >= 15 is 0 Å². The molecule has 1 aromatic carbocycles. The van der Waals surface area contributed by atoms with Crippen LogP contribution in [0, 0.1) is 0 Å². The quantitative estimate of drug-likeness (QED) is 0.831. The predicted octanol–water partition coefficient (Wildman–Crippen LogP) is 1.88. The van der Waals surface area contributed by atoms with Crippen LogP contribution in [0.4, 0.5) is 5.13 Å². The Labute approximate surface area is 144 Å². The number of amides is 2. The second kappa shape index (κ2) is 7.08. The minimum Gasteiger partial charge on any atom is -0.375 e. The van der Waals surface area contributed by atoms with Gasteiger partial charge in [0.25, 0.3) is 11.8 Å². The number of halogens is 1. The molecule has 3 rings (SSSR count). The molecule has 0 saturated heterocycles. The first-order chi connectivity index (χ1) is 10.6. The van der Waals surface area contributed by atoms with Crippen molar-refractivity contribution in [2.45, 2.75) is 6.54 Å². The molecule has 8 heteroatoms. The number of nitrogen functional groups attached to an aromatic ring is 1. The summed E-state index contributed by atoms with van der Waals surface area (Å²) >= 11 is 1.44. The van der Waals surface area contributed by atoms with Crippen LogP contribution in [0.3, 0.4) is 0 Å². The molecular weight excluding hydrogens is 336 g/mol. The third-order valence-electron chi connectivity index (χ3n) is 3.58. The van der Waals surface area contributed by atoms with Crippen molar-refractivity contribution < 1.29 is 9.59 Å². The van der Waals surface area contributed by atoms with Crippen LogP contribution < -0.4 is 5.73 Å². The van der Waals surface area contributed by atoms with Crippen LogP contribution in [-0.4, -0.2) is 46.7 Å². The zero-order chi connectivity index (χ0) is 15.7. The summed E-state index contributed by atoms with van der Waals surface area (Å²) in [7, 11) is 1.94. The van der Waals surface area contributed by atoms with Crippen LogP contribution in [0.1, 0.15) is 25.6 Å². The lowest BCUT2D eigenvalue weighted by Crippen LogP contribution is -2.36. The smallest absolute Gasteiger partial charge is 0.261 e. The minimum absolute atomic E-state index is 0. The van der Waals surface area contributed by atoms with Crippen LogP contribution in [-0.2, 0) is 6.54 Å². The Kier molecular flexibility index (Phi) is 5.35. The molecular formula is C15H17ClN4O2S. The summed E-state index contributed by atoms with van der Waals surface area (Å²) in [5.41, 5.74) is 6.59. The number of nitrogens with zero attached hydrogens (tertiary/aromatic N) is 3. The molecule has 2 amide bonds. The Bertz CT molecular complexity index is 699. The van der Waals surface area contributed by atoms with Crippen molar-refractivity contribution in [1.82, 2.24) is 14.8 Å². The molecule has 0 fully saturated rings. The average molecular weight is 353 g/mol. The molecule has 0 unspecified atom stereocenters. The molecule has 6 nitrogen and oxygen atoms in total. The fourth-order valence-electron chi connectivity index (χ4n) is 2.45.